The zero-order valence-corrected chi connectivity index (χ0v) is 11.2. The Morgan fingerprint density at radius 2 is 2.21 bits per heavy atom. The number of pyridine rings is 1. The Bertz CT molecular complexity index is 539. The monoisotopic (exact) mass is 257 g/mol. The number of aromatic nitrogens is 1. The van der Waals surface area contributed by atoms with Crippen LogP contribution in [0.5, 0.6) is 0 Å². The fraction of sp³-hybridized carbons (Fsp3) is 0.357. The maximum Gasteiger partial charge on any atom is 0.408 e. The fourth-order valence-corrected chi connectivity index (χ4v) is 1.11. The molecule has 0 unspecified atom stereocenters. The van der Waals surface area contributed by atoms with Crippen molar-refractivity contribution < 1.29 is 9.53 Å². The molecular weight excluding hydrogens is 242 g/mol. The van der Waals surface area contributed by atoms with Crippen LogP contribution in [0.15, 0.2) is 18.3 Å². The number of nitrogens with one attached hydrogen (secondary N) is 1. The summed E-state index contributed by atoms with van der Waals surface area (Å²) >= 11 is 0. The lowest BCUT2D eigenvalue weighted by atomic mass is 10.2. The molecule has 0 aromatic carbocycles. The molecule has 1 amide bonds. The lowest BCUT2D eigenvalue weighted by molar-refractivity contribution is 0.0535. The van der Waals surface area contributed by atoms with E-state index in [4.69, 9.17) is 10.00 Å². The molecule has 1 aromatic rings. The highest BCUT2D eigenvalue weighted by Crippen LogP contribution is 2.05. The Labute approximate surface area is 112 Å². The Hall–Kier alpha value is -2.53. The molecule has 0 aliphatic rings. The number of carbonyl (C=O) groups excluding carboxylic acids is 1. The van der Waals surface area contributed by atoms with Gasteiger partial charge in [0.2, 0.25) is 0 Å². The first-order valence-electron chi connectivity index (χ1n) is 5.72. The molecule has 98 valence electrons. The number of hydrogen-bond acceptors (Lipinski definition) is 4. The summed E-state index contributed by atoms with van der Waals surface area (Å²) in [7, 11) is 0. The van der Waals surface area contributed by atoms with Crippen LogP contribution in [0.1, 0.15) is 32.0 Å². The molecule has 0 spiro atoms. The number of amides is 1. The zero-order valence-electron chi connectivity index (χ0n) is 11.2. The van der Waals surface area contributed by atoms with Gasteiger partial charge in [0.1, 0.15) is 17.4 Å². The molecular formula is C14H15N3O2. The number of rotatable bonds is 1. The zero-order chi connectivity index (χ0) is 14.3. The fourth-order valence-electron chi connectivity index (χ4n) is 1.11. The predicted octanol–water partition coefficient (Wildman–Crippen LogP) is 1.83. The summed E-state index contributed by atoms with van der Waals surface area (Å²) in [5.41, 5.74) is 0.511. The highest BCUT2D eigenvalue weighted by Gasteiger charge is 2.14. The molecule has 1 heterocycles. The van der Waals surface area contributed by atoms with Gasteiger partial charge in [-0.15, -0.1) is 0 Å². The van der Waals surface area contributed by atoms with E-state index in [1.807, 2.05) is 6.07 Å². The lowest BCUT2D eigenvalue weighted by Gasteiger charge is -2.18. The molecule has 0 fully saturated rings. The minimum absolute atomic E-state index is 0.189. The number of ether oxygens (including phenoxy) is 1. The standard InChI is InChI=1S/C14H15N3O2/c1-14(2,3)19-13(18)16-8-4-5-11-6-7-12(9-15)17-10-11/h6-7,10H,8H2,1-3H3,(H,16,18). The first-order valence-corrected chi connectivity index (χ1v) is 5.72. The van der Waals surface area contributed by atoms with Gasteiger partial charge in [-0.25, -0.2) is 9.78 Å². The van der Waals surface area contributed by atoms with Crippen LogP contribution in [-0.2, 0) is 4.74 Å². The summed E-state index contributed by atoms with van der Waals surface area (Å²) in [6, 6.07) is 5.21. The number of carbonyl (C=O) groups is 1. The van der Waals surface area contributed by atoms with Crippen molar-refractivity contribution in [3.63, 3.8) is 0 Å². The van der Waals surface area contributed by atoms with Gasteiger partial charge in [-0.05, 0) is 32.9 Å². The highest BCUT2D eigenvalue weighted by molar-refractivity contribution is 5.68. The van der Waals surface area contributed by atoms with Gasteiger partial charge in [-0.3, -0.25) is 0 Å². The molecule has 1 rings (SSSR count). The van der Waals surface area contributed by atoms with Crippen molar-refractivity contribution in [2.24, 2.45) is 0 Å². The summed E-state index contributed by atoms with van der Waals surface area (Å²) in [5, 5.41) is 11.1. The summed E-state index contributed by atoms with van der Waals surface area (Å²) in [6.07, 6.45) is 1.01. The summed E-state index contributed by atoms with van der Waals surface area (Å²) in [5.74, 6) is 5.59. The number of hydrogen-bond donors (Lipinski definition) is 1. The largest absolute Gasteiger partial charge is 0.444 e. The third-order valence-corrected chi connectivity index (χ3v) is 1.83. The van der Waals surface area contributed by atoms with Crippen LogP contribution in [0.4, 0.5) is 4.79 Å². The molecule has 0 saturated carbocycles. The van der Waals surface area contributed by atoms with Crippen molar-refractivity contribution in [3.8, 4) is 17.9 Å². The van der Waals surface area contributed by atoms with E-state index in [0.29, 0.717) is 11.3 Å². The molecule has 5 heteroatoms. The molecule has 19 heavy (non-hydrogen) atoms. The molecule has 0 aliphatic carbocycles. The van der Waals surface area contributed by atoms with Crippen molar-refractivity contribution in [1.29, 1.82) is 5.26 Å². The normalized spacial score (nSPS) is 9.79. The first kappa shape index (κ1) is 14.5. The van der Waals surface area contributed by atoms with Crippen LogP contribution in [0, 0.1) is 23.2 Å². The summed E-state index contributed by atoms with van der Waals surface area (Å²) in [6.45, 7) is 5.57. The van der Waals surface area contributed by atoms with E-state index in [1.54, 1.807) is 32.9 Å². The van der Waals surface area contributed by atoms with Crippen molar-refractivity contribution in [2.75, 3.05) is 6.54 Å². The molecule has 1 aromatic heterocycles. The van der Waals surface area contributed by atoms with Crippen LogP contribution < -0.4 is 5.32 Å². The molecule has 0 aliphatic heterocycles. The minimum atomic E-state index is -0.519. The second-order valence-corrected chi connectivity index (χ2v) is 4.70. The van der Waals surface area contributed by atoms with E-state index >= 15 is 0 Å². The van der Waals surface area contributed by atoms with Crippen molar-refractivity contribution in [2.45, 2.75) is 26.4 Å². The average molecular weight is 257 g/mol. The van der Waals surface area contributed by atoms with E-state index in [-0.39, 0.29) is 6.54 Å². The average Bonchev–Trinajstić information content (AvgIpc) is 2.33. The molecule has 0 bridgehead atoms. The second kappa shape index (κ2) is 6.42. The van der Waals surface area contributed by atoms with Gasteiger partial charge in [0.05, 0.1) is 6.54 Å². The van der Waals surface area contributed by atoms with Gasteiger partial charge in [0.25, 0.3) is 0 Å². The second-order valence-electron chi connectivity index (χ2n) is 4.70. The van der Waals surface area contributed by atoms with Gasteiger partial charge >= 0.3 is 6.09 Å². The van der Waals surface area contributed by atoms with Gasteiger partial charge in [0, 0.05) is 11.8 Å². The lowest BCUT2D eigenvalue weighted by Crippen LogP contribution is -2.32. The molecule has 0 saturated heterocycles. The third-order valence-electron chi connectivity index (χ3n) is 1.83. The van der Waals surface area contributed by atoms with E-state index in [1.165, 1.54) is 6.20 Å². The Morgan fingerprint density at radius 1 is 1.47 bits per heavy atom. The molecule has 5 nitrogen and oxygen atoms in total. The summed E-state index contributed by atoms with van der Waals surface area (Å²) in [4.78, 5) is 15.2. The maximum absolute atomic E-state index is 11.3. The molecule has 1 N–H and O–H groups in total. The summed E-state index contributed by atoms with van der Waals surface area (Å²) < 4.78 is 5.05. The van der Waals surface area contributed by atoms with Gasteiger partial charge < -0.3 is 10.1 Å². The van der Waals surface area contributed by atoms with Gasteiger partial charge in [-0.1, -0.05) is 11.8 Å². The van der Waals surface area contributed by atoms with Crippen molar-refractivity contribution >= 4 is 6.09 Å². The third kappa shape index (κ3) is 6.09. The van der Waals surface area contributed by atoms with Crippen LogP contribution in [0.2, 0.25) is 0 Å². The highest BCUT2D eigenvalue weighted by atomic mass is 16.6. The number of nitrogens with zero attached hydrogens (tertiary/aromatic N) is 2. The van der Waals surface area contributed by atoms with E-state index in [0.717, 1.165) is 0 Å². The van der Waals surface area contributed by atoms with Crippen LogP contribution in [-0.4, -0.2) is 23.2 Å². The van der Waals surface area contributed by atoms with Crippen molar-refractivity contribution in [1.82, 2.24) is 10.3 Å². The molecule has 0 radical (unpaired) electrons. The van der Waals surface area contributed by atoms with Crippen molar-refractivity contribution in [3.05, 3.63) is 29.6 Å². The van der Waals surface area contributed by atoms with E-state index < -0.39 is 11.7 Å². The van der Waals surface area contributed by atoms with Crippen LogP contribution in [0.3, 0.4) is 0 Å². The van der Waals surface area contributed by atoms with Crippen LogP contribution in [0.25, 0.3) is 0 Å². The Morgan fingerprint density at radius 3 is 2.74 bits per heavy atom. The Balaban J connectivity index is 2.43. The number of alkyl carbamates (subject to hydrolysis) is 1. The van der Waals surface area contributed by atoms with Gasteiger partial charge in [-0.2, -0.15) is 5.26 Å². The first-order chi connectivity index (χ1) is 8.90. The smallest absolute Gasteiger partial charge is 0.408 e. The minimum Gasteiger partial charge on any atom is -0.444 e. The van der Waals surface area contributed by atoms with E-state index in [2.05, 4.69) is 22.1 Å². The Kier molecular flexibility index (Phi) is 4.91. The van der Waals surface area contributed by atoms with E-state index in [9.17, 15) is 4.79 Å². The molecule has 0 atom stereocenters. The predicted molar refractivity (Wildman–Crippen MR) is 70.1 cm³/mol. The quantitative estimate of drug-likeness (QED) is 0.779. The number of nitriles is 1. The topological polar surface area (TPSA) is 75.0 Å². The van der Waals surface area contributed by atoms with Crippen LogP contribution >= 0.6 is 0 Å². The van der Waals surface area contributed by atoms with Gasteiger partial charge in [0.15, 0.2) is 0 Å². The SMILES string of the molecule is CC(C)(C)OC(=O)NCC#Cc1ccc(C#N)nc1. The maximum atomic E-state index is 11.3.